The summed E-state index contributed by atoms with van der Waals surface area (Å²) in [5.74, 6) is 2.37. The molecule has 1 fully saturated rings. The van der Waals surface area contributed by atoms with Crippen molar-refractivity contribution in [2.45, 2.75) is 19.3 Å². The topological polar surface area (TPSA) is 22.1 Å². The van der Waals surface area contributed by atoms with Gasteiger partial charge in [-0.25, -0.2) is 0 Å². The molecule has 2 rings (SSSR count). The normalized spacial score (nSPS) is 26.8. The van der Waals surface area contributed by atoms with Gasteiger partial charge in [0.15, 0.2) is 0 Å². The van der Waals surface area contributed by atoms with Crippen LogP contribution in [0.2, 0.25) is 0 Å². The van der Waals surface area contributed by atoms with Crippen molar-refractivity contribution in [2.24, 2.45) is 5.92 Å². The predicted octanol–water partition coefficient (Wildman–Crippen LogP) is 2.21. The Kier molecular flexibility index (Phi) is 1.75. The number of ether oxygens (including phenoxy) is 1. The average Bonchev–Trinajstić information content (AvgIpc) is 2.83. The Bertz CT molecular complexity index is 268. The van der Waals surface area contributed by atoms with Crippen molar-refractivity contribution >= 4 is 0 Å². The van der Waals surface area contributed by atoms with E-state index >= 15 is 0 Å². The zero-order valence-electron chi connectivity index (χ0n) is 7.45. The quantitative estimate of drug-likeness (QED) is 0.667. The minimum Gasteiger partial charge on any atom is -0.495 e. The van der Waals surface area contributed by atoms with E-state index in [2.05, 4.69) is 18.0 Å². The van der Waals surface area contributed by atoms with Gasteiger partial charge in [-0.3, -0.25) is 4.98 Å². The van der Waals surface area contributed by atoms with E-state index in [1.807, 2.05) is 6.07 Å². The summed E-state index contributed by atoms with van der Waals surface area (Å²) in [4.78, 5) is 4.34. The van der Waals surface area contributed by atoms with Crippen molar-refractivity contribution in [3.63, 3.8) is 0 Å². The lowest BCUT2D eigenvalue weighted by Gasteiger charge is -2.00. The molecule has 1 saturated carbocycles. The van der Waals surface area contributed by atoms with Crippen LogP contribution in [0.15, 0.2) is 18.3 Å². The highest BCUT2D eigenvalue weighted by atomic mass is 16.5. The van der Waals surface area contributed by atoms with Crippen LogP contribution in [-0.2, 0) is 0 Å². The molecule has 64 valence electrons. The van der Waals surface area contributed by atoms with E-state index < -0.39 is 0 Å². The maximum atomic E-state index is 5.03. The maximum absolute atomic E-state index is 5.03. The molecule has 1 aliphatic carbocycles. The first-order chi connectivity index (χ1) is 5.81. The van der Waals surface area contributed by atoms with Gasteiger partial charge < -0.3 is 4.74 Å². The van der Waals surface area contributed by atoms with Gasteiger partial charge in [0.25, 0.3) is 0 Å². The second kappa shape index (κ2) is 2.77. The lowest BCUT2D eigenvalue weighted by atomic mass is 10.2. The summed E-state index contributed by atoms with van der Waals surface area (Å²) in [6.45, 7) is 2.26. The predicted molar refractivity (Wildman–Crippen MR) is 47.3 cm³/mol. The van der Waals surface area contributed by atoms with Crippen LogP contribution in [0.3, 0.4) is 0 Å². The molecular formula is C10H13NO. The number of rotatable bonds is 2. The molecule has 0 spiro atoms. The number of nitrogens with zero attached hydrogens (tertiary/aromatic N) is 1. The van der Waals surface area contributed by atoms with Gasteiger partial charge in [-0.1, -0.05) is 6.92 Å². The van der Waals surface area contributed by atoms with Gasteiger partial charge in [0.2, 0.25) is 0 Å². The number of aromatic nitrogens is 1. The Morgan fingerprint density at radius 1 is 1.50 bits per heavy atom. The summed E-state index contributed by atoms with van der Waals surface area (Å²) in [7, 11) is 1.66. The molecule has 2 nitrogen and oxygen atoms in total. The zero-order valence-corrected chi connectivity index (χ0v) is 7.45. The summed E-state index contributed by atoms with van der Waals surface area (Å²) in [5.41, 5.74) is 1.21. The fourth-order valence-electron chi connectivity index (χ4n) is 1.47. The Morgan fingerprint density at radius 2 is 2.25 bits per heavy atom. The first-order valence-corrected chi connectivity index (χ1v) is 4.31. The molecule has 2 atom stereocenters. The zero-order chi connectivity index (χ0) is 8.55. The number of pyridine rings is 1. The minimum atomic E-state index is 0.705. The third kappa shape index (κ3) is 1.29. The number of hydrogen-bond donors (Lipinski definition) is 0. The van der Waals surface area contributed by atoms with Gasteiger partial charge in [0.05, 0.1) is 13.3 Å². The molecule has 0 aliphatic heterocycles. The monoisotopic (exact) mass is 163 g/mol. The first-order valence-electron chi connectivity index (χ1n) is 4.31. The van der Waals surface area contributed by atoms with Crippen molar-refractivity contribution in [1.29, 1.82) is 0 Å². The third-order valence-electron chi connectivity index (χ3n) is 2.48. The molecule has 0 radical (unpaired) electrons. The molecule has 0 amide bonds. The van der Waals surface area contributed by atoms with Gasteiger partial charge in [0.1, 0.15) is 5.75 Å². The van der Waals surface area contributed by atoms with E-state index in [4.69, 9.17) is 4.74 Å². The number of hydrogen-bond acceptors (Lipinski definition) is 2. The molecular weight excluding hydrogens is 150 g/mol. The Labute approximate surface area is 72.6 Å². The highest BCUT2D eigenvalue weighted by Crippen LogP contribution is 2.46. The fraction of sp³-hybridized carbons (Fsp3) is 0.500. The lowest BCUT2D eigenvalue weighted by molar-refractivity contribution is 0.412. The van der Waals surface area contributed by atoms with Gasteiger partial charge in [-0.2, -0.15) is 0 Å². The standard InChI is InChI=1S/C10H13NO/c1-7-5-9(7)10-4-3-8(12-2)6-11-10/h3-4,6-7,9H,5H2,1-2H3. The molecule has 0 aromatic carbocycles. The smallest absolute Gasteiger partial charge is 0.137 e. The lowest BCUT2D eigenvalue weighted by Crippen LogP contribution is -1.89. The summed E-state index contributed by atoms with van der Waals surface area (Å²) in [6, 6.07) is 4.04. The van der Waals surface area contributed by atoms with Crippen molar-refractivity contribution in [3.8, 4) is 5.75 Å². The van der Waals surface area contributed by atoms with Crippen LogP contribution in [0.25, 0.3) is 0 Å². The molecule has 12 heavy (non-hydrogen) atoms. The molecule has 1 aromatic heterocycles. The fourth-order valence-corrected chi connectivity index (χ4v) is 1.47. The Hall–Kier alpha value is -1.05. The second-order valence-electron chi connectivity index (χ2n) is 3.44. The van der Waals surface area contributed by atoms with Crippen LogP contribution in [0, 0.1) is 5.92 Å². The first kappa shape index (κ1) is 7.59. The average molecular weight is 163 g/mol. The highest BCUT2D eigenvalue weighted by molar-refractivity contribution is 5.24. The molecule has 0 bridgehead atoms. The number of methoxy groups -OCH3 is 1. The minimum absolute atomic E-state index is 0.705. The van der Waals surface area contributed by atoms with E-state index in [0.717, 1.165) is 11.7 Å². The second-order valence-corrected chi connectivity index (χ2v) is 3.44. The van der Waals surface area contributed by atoms with Crippen LogP contribution in [0.5, 0.6) is 5.75 Å². The van der Waals surface area contributed by atoms with Crippen LogP contribution in [-0.4, -0.2) is 12.1 Å². The van der Waals surface area contributed by atoms with Crippen LogP contribution < -0.4 is 4.74 Å². The molecule has 1 heterocycles. The SMILES string of the molecule is COc1ccc(C2CC2C)nc1. The maximum Gasteiger partial charge on any atom is 0.137 e. The van der Waals surface area contributed by atoms with E-state index in [9.17, 15) is 0 Å². The summed E-state index contributed by atoms with van der Waals surface area (Å²) >= 11 is 0. The summed E-state index contributed by atoms with van der Waals surface area (Å²) in [5, 5.41) is 0. The van der Waals surface area contributed by atoms with Crippen LogP contribution >= 0.6 is 0 Å². The summed E-state index contributed by atoms with van der Waals surface area (Å²) in [6.07, 6.45) is 3.08. The van der Waals surface area contributed by atoms with Crippen molar-refractivity contribution in [2.75, 3.05) is 7.11 Å². The van der Waals surface area contributed by atoms with Gasteiger partial charge in [-0.15, -0.1) is 0 Å². The third-order valence-corrected chi connectivity index (χ3v) is 2.48. The molecule has 2 unspecified atom stereocenters. The molecule has 1 aliphatic rings. The molecule has 0 saturated heterocycles. The highest BCUT2D eigenvalue weighted by Gasteiger charge is 2.34. The van der Waals surface area contributed by atoms with E-state index in [1.54, 1.807) is 13.3 Å². The molecule has 0 N–H and O–H groups in total. The summed E-state index contributed by atoms with van der Waals surface area (Å²) < 4.78 is 5.03. The molecule has 2 heteroatoms. The van der Waals surface area contributed by atoms with Gasteiger partial charge >= 0.3 is 0 Å². The van der Waals surface area contributed by atoms with E-state index in [-0.39, 0.29) is 0 Å². The van der Waals surface area contributed by atoms with Crippen molar-refractivity contribution < 1.29 is 4.74 Å². The van der Waals surface area contributed by atoms with Gasteiger partial charge in [0, 0.05) is 11.6 Å². The Balaban J connectivity index is 2.14. The molecule has 1 aromatic rings. The largest absolute Gasteiger partial charge is 0.495 e. The van der Waals surface area contributed by atoms with Crippen LogP contribution in [0.1, 0.15) is 25.0 Å². The van der Waals surface area contributed by atoms with E-state index in [0.29, 0.717) is 5.92 Å². The Morgan fingerprint density at radius 3 is 2.67 bits per heavy atom. The van der Waals surface area contributed by atoms with Crippen molar-refractivity contribution in [1.82, 2.24) is 4.98 Å². The van der Waals surface area contributed by atoms with Crippen molar-refractivity contribution in [3.05, 3.63) is 24.0 Å². The van der Waals surface area contributed by atoms with Crippen LogP contribution in [0.4, 0.5) is 0 Å². The van der Waals surface area contributed by atoms with Gasteiger partial charge in [-0.05, 0) is 24.5 Å². The van der Waals surface area contributed by atoms with E-state index in [1.165, 1.54) is 12.1 Å².